The monoisotopic (exact) mass is 117 g/mol. The van der Waals surface area contributed by atoms with Crippen molar-refractivity contribution < 1.29 is 16.8 Å². The Hall–Kier alpha value is -0.0235. The number of nitrogens with two attached hydrogens (primary N) is 1. The molecule has 0 unspecified atom stereocenters. The zero-order chi connectivity index (χ0) is 3.58. The van der Waals surface area contributed by atoms with Crippen molar-refractivity contribution in [2.75, 3.05) is 0 Å². The van der Waals surface area contributed by atoms with Gasteiger partial charge >= 0.3 is 16.8 Å². The largest absolute Gasteiger partial charge is 2.00 e. The van der Waals surface area contributed by atoms with Crippen LogP contribution in [0.4, 0.5) is 0 Å². The van der Waals surface area contributed by atoms with Crippen LogP contribution in [0.2, 0.25) is 0 Å². The van der Waals surface area contributed by atoms with Crippen LogP contribution in [0, 0.1) is 5.41 Å². The van der Waals surface area contributed by atoms with Crippen LogP contribution in [-0.4, -0.2) is 5.84 Å². The van der Waals surface area contributed by atoms with Crippen LogP contribution in [0.5, 0.6) is 0 Å². The normalized spacial score (nSPS) is 5.00. The zero-order valence-corrected chi connectivity index (χ0v) is 3.95. The van der Waals surface area contributed by atoms with Gasteiger partial charge in [-0.05, 0) is 6.92 Å². The zero-order valence-electron chi connectivity index (χ0n) is 2.91. The van der Waals surface area contributed by atoms with Gasteiger partial charge in [-0.2, -0.15) is 0 Å². The molecule has 0 aliphatic carbocycles. The van der Waals surface area contributed by atoms with Crippen molar-refractivity contribution in [1.82, 2.24) is 0 Å². The summed E-state index contributed by atoms with van der Waals surface area (Å²) in [7, 11) is 0. The average molecular weight is 117 g/mol. The summed E-state index contributed by atoms with van der Waals surface area (Å²) in [5, 5.41) is 6.28. The molecule has 0 fully saturated rings. The van der Waals surface area contributed by atoms with E-state index < -0.39 is 0 Å². The molecule has 0 aliphatic rings. The van der Waals surface area contributed by atoms with Gasteiger partial charge < -0.3 is 5.73 Å². The van der Waals surface area contributed by atoms with E-state index in [0.717, 1.165) is 0 Å². The molecule has 2 nitrogen and oxygen atoms in total. The summed E-state index contributed by atoms with van der Waals surface area (Å²) in [6.07, 6.45) is 0. The maximum absolute atomic E-state index is 6.28. The molecule has 0 bridgehead atoms. The topological polar surface area (TPSA) is 49.9 Å². The van der Waals surface area contributed by atoms with Crippen molar-refractivity contribution in [2.45, 2.75) is 6.92 Å². The summed E-state index contributed by atoms with van der Waals surface area (Å²) in [6, 6.07) is 0. The van der Waals surface area contributed by atoms with E-state index in [0.29, 0.717) is 0 Å². The number of hydrogen-bond donors (Lipinski definition) is 2. The molecule has 31 valence electrons. The van der Waals surface area contributed by atoms with Gasteiger partial charge in [-0.15, -0.1) is 0 Å². The van der Waals surface area contributed by atoms with Crippen molar-refractivity contribution in [3.8, 4) is 0 Å². The molecule has 0 saturated heterocycles. The van der Waals surface area contributed by atoms with Crippen LogP contribution in [0.15, 0.2) is 0 Å². The Bertz CT molecular complexity index is 30.6. The number of rotatable bonds is 0. The first-order valence-corrected chi connectivity index (χ1v) is 1.04. The van der Waals surface area contributed by atoms with Crippen molar-refractivity contribution in [3.05, 3.63) is 0 Å². The van der Waals surface area contributed by atoms with Gasteiger partial charge in [-0.3, -0.25) is 5.41 Å². The second-order valence-corrected chi connectivity index (χ2v) is 0.683. The Kier molecular flexibility index (Phi) is 7.06. The first kappa shape index (κ1) is 8.88. The van der Waals surface area contributed by atoms with Gasteiger partial charge in [0.2, 0.25) is 0 Å². The summed E-state index contributed by atoms with van der Waals surface area (Å²) in [4.78, 5) is 0. The molecule has 0 aromatic carbocycles. The Labute approximate surface area is 41.4 Å². The molecule has 5 heavy (non-hydrogen) atoms. The number of nitrogens with one attached hydrogen (secondary N) is 1. The fourth-order valence-corrected chi connectivity index (χ4v) is 0. The molecule has 0 amide bonds. The van der Waals surface area contributed by atoms with E-state index in [2.05, 4.69) is 0 Å². The second-order valence-electron chi connectivity index (χ2n) is 0.683. The van der Waals surface area contributed by atoms with Crippen molar-refractivity contribution in [2.24, 2.45) is 5.73 Å². The molecular formula is C2H6CoN2+2. The maximum atomic E-state index is 6.28. The van der Waals surface area contributed by atoms with E-state index in [4.69, 9.17) is 11.1 Å². The molecule has 0 heterocycles. The van der Waals surface area contributed by atoms with Crippen molar-refractivity contribution in [3.63, 3.8) is 0 Å². The van der Waals surface area contributed by atoms with E-state index in [1.165, 1.54) is 6.92 Å². The van der Waals surface area contributed by atoms with Crippen LogP contribution in [0.25, 0.3) is 0 Å². The van der Waals surface area contributed by atoms with Crippen LogP contribution in [0.3, 0.4) is 0 Å². The van der Waals surface area contributed by atoms with Gasteiger partial charge in [0, 0.05) is 0 Å². The predicted molar refractivity (Wildman–Crippen MR) is 17.6 cm³/mol. The predicted octanol–water partition coefficient (Wildman–Crippen LogP) is -0.0602. The SMILES string of the molecule is CC(=N)N.[Co+2]. The second kappa shape index (κ2) is 3.98. The van der Waals surface area contributed by atoms with Crippen molar-refractivity contribution in [1.29, 1.82) is 5.41 Å². The van der Waals surface area contributed by atoms with Crippen LogP contribution >= 0.6 is 0 Å². The number of amidine groups is 1. The smallest absolute Gasteiger partial charge is 0.388 e. The van der Waals surface area contributed by atoms with Gasteiger partial charge in [-0.25, -0.2) is 0 Å². The van der Waals surface area contributed by atoms with Crippen LogP contribution in [0.1, 0.15) is 6.92 Å². The van der Waals surface area contributed by atoms with E-state index in [1.54, 1.807) is 0 Å². The van der Waals surface area contributed by atoms with E-state index in [1.807, 2.05) is 0 Å². The van der Waals surface area contributed by atoms with Crippen LogP contribution < -0.4 is 5.73 Å². The van der Waals surface area contributed by atoms with Gasteiger partial charge in [0.1, 0.15) is 0 Å². The Morgan fingerprint density at radius 1 is 1.80 bits per heavy atom. The number of hydrogen-bond acceptors (Lipinski definition) is 1. The molecule has 0 spiro atoms. The molecule has 0 rings (SSSR count). The standard InChI is InChI=1S/C2H6N2.Co/c1-2(3)4;/h1H3,(H3,3,4);/q;+2. The van der Waals surface area contributed by atoms with Crippen LogP contribution in [-0.2, 0) is 16.8 Å². The van der Waals surface area contributed by atoms with E-state index >= 15 is 0 Å². The molecule has 3 N–H and O–H groups in total. The molecular weight excluding hydrogens is 111 g/mol. The molecule has 1 radical (unpaired) electrons. The van der Waals surface area contributed by atoms with E-state index in [-0.39, 0.29) is 22.6 Å². The third-order valence-electron chi connectivity index (χ3n) is 0. The summed E-state index contributed by atoms with van der Waals surface area (Å²) in [5.41, 5.74) is 4.69. The minimum atomic E-state index is 0. The van der Waals surface area contributed by atoms with E-state index in [9.17, 15) is 0 Å². The first-order valence-electron chi connectivity index (χ1n) is 1.04. The molecule has 0 aliphatic heterocycles. The molecule has 0 atom stereocenters. The first-order chi connectivity index (χ1) is 1.73. The van der Waals surface area contributed by atoms with Crippen molar-refractivity contribution >= 4 is 5.84 Å². The fraction of sp³-hybridized carbons (Fsp3) is 0.500. The average Bonchev–Trinajstić information content (AvgIpc) is 0.811. The molecule has 0 aromatic heterocycles. The third kappa shape index (κ3) is 28100. The quantitative estimate of drug-likeness (QED) is 0.339. The summed E-state index contributed by atoms with van der Waals surface area (Å²) in [6.45, 7) is 1.53. The van der Waals surface area contributed by atoms with Gasteiger partial charge in [0.15, 0.2) is 0 Å². The summed E-state index contributed by atoms with van der Waals surface area (Å²) in [5.74, 6) is 0.167. The van der Waals surface area contributed by atoms with Gasteiger partial charge in [0.05, 0.1) is 5.84 Å². The summed E-state index contributed by atoms with van der Waals surface area (Å²) >= 11 is 0. The fourth-order valence-electron chi connectivity index (χ4n) is 0. The Balaban J connectivity index is 0. The Morgan fingerprint density at radius 3 is 1.80 bits per heavy atom. The minimum Gasteiger partial charge on any atom is -0.388 e. The molecule has 3 heteroatoms. The Morgan fingerprint density at radius 2 is 1.80 bits per heavy atom. The molecule has 0 saturated carbocycles. The van der Waals surface area contributed by atoms with Gasteiger partial charge in [0.25, 0.3) is 0 Å². The molecule has 0 aromatic rings. The van der Waals surface area contributed by atoms with Gasteiger partial charge in [-0.1, -0.05) is 0 Å². The minimum absolute atomic E-state index is 0. The summed E-state index contributed by atoms with van der Waals surface area (Å²) < 4.78 is 0. The third-order valence-corrected chi connectivity index (χ3v) is 0. The maximum Gasteiger partial charge on any atom is 2.00 e.